The SMILES string of the molecule is C=C(C1CCC1)N1CCCC1c1ncc(-c2ccc3c(c2)CC(c2cc(CC)cc(OC)c2)n2c-3cc3cc(C4=CNC(CC(C)(C)NCCC)N4)ccc32)[nH]1. The predicted octanol–water partition coefficient (Wildman–Crippen LogP) is 9.85. The van der Waals surface area contributed by atoms with E-state index in [1.165, 1.54) is 81.4 Å². The van der Waals surface area contributed by atoms with Crippen molar-refractivity contribution < 1.29 is 4.74 Å². The number of fused-ring (bicyclic) bond motifs is 5. The molecule has 0 amide bonds. The maximum atomic E-state index is 5.86. The number of allylic oxidation sites excluding steroid dienone is 1. The highest BCUT2D eigenvalue weighted by Crippen LogP contribution is 2.45. The summed E-state index contributed by atoms with van der Waals surface area (Å²) in [5, 5.41) is 12.3. The van der Waals surface area contributed by atoms with Gasteiger partial charge in [-0.2, -0.15) is 0 Å². The van der Waals surface area contributed by atoms with Crippen LogP contribution in [0.2, 0.25) is 0 Å². The van der Waals surface area contributed by atoms with Gasteiger partial charge in [0.05, 0.1) is 42.9 Å². The van der Waals surface area contributed by atoms with Crippen molar-refractivity contribution in [3.63, 3.8) is 0 Å². The average Bonchev–Trinajstić information content (AvgIpc) is 4.01. The van der Waals surface area contributed by atoms with Gasteiger partial charge in [0, 0.05) is 52.6 Å². The van der Waals surface area contributed by atoms with Crippen LogP contribution >= 0.6 is 0 Å². The Hall–Kier alpha value is -4.95. The number of aromatic nitrogens is 3. The summed E-state index contributed by atoms with van der Waals surface area (Å²) in [6.07, 6.45) is 14.5. The lowest BCUT2D eigenvalue weighted by Crippen LogP contribution is -2.47. The summed E-state index contributed by atoms with van der Waals surface area (Å²) < 4.78 is 8.44. The molecule has 4 aliphatic rings. The molecule has 9 rings (SSSR count). The number of rotatable bonds is 13. The molecule has 8 heteroatoms. The van der Waals surface area contributed by atoms with Crippen LogP contribution in [0.3, 0.4) is 0 Å². The minimum Gasteiger partial charge on any atom is -0.497 e. The number of hydrogen-bond donors (Lipinski definition) is 4. The highest BCUT2D eigenvalue weighted by atomic mass is 16.5. The molecule has 3 atom stereocenters. The molecule has 5 aromatic rings. The number of ether oxygens (including phenoxy) is 1. The molecule has 1 saturated carbocycles. The molecule has 2 fully saturated rings. The van der Waals surface area contributed by atoms with Gasteiger partial charge in [-0.3, -0.25) is 0 Å². The van der Waals surface area contributed by atoms with Gasteiger partial charge >= 0.3 is 0 Å². The summed E-state index contributed by atoms with van der Waals surface area (Å²) in [7, 11) is 1.78. The van der Waals surface area contributed by atoms with Gasteiger partial charge in [0.15, 0.2) is 0 Å². The van der Waals surface area contributed by atoms with Crippen LogP contribution in [0.4, 0.5) is 0 Å². The first-order chi connectivity index (χ1) is 27.2. The third-order valence-corrected chi connectivity index (χ3v) is 13.0. The Bertz CT molecular complexity index is 2270. The second kappa shape index (κ2) is 14.8. The summed E-state index contributed by atoms with van der Waals surface area (Å²) in [5.74, 6) is 2.63. The standard InChI is InChI=1S/C48H59N7O/c1-7-18-51-48(4,5)27-46-49-28-40(52-46)34-15-17-42-37(23-34)26-45-39-16-14-33(22-35(39)25-44(55(42)45)36-20-31(8-2)21-38(24-36)56-6)41-29-50-47(53-41)43-13-10-19-54(43)30(3)32-11-9-12-32/h14-17,20-24,26,28-29,32,43-44,46,49,51-52H,3,7-13,18-19,25,27H2,1-2,4-6H3,(H,50,53). The Morgan fingerprint density at radius 1 is 0.982 bits per heavy atom. The zero-order valence-electron chi connectivity index (χ0n) is 34.0. The Morgan fingerprint density at radius 3 is 2.62 bits per heavy atom. The topological polar surface area (TPSA) is 82.2 Å². The number of H-pyrrole nitrogens is 1. The molecular formula is C48H59N7O. The van der Waals surface area contributed by atoms with Crippen molar-refractivity contribution in [2.24, 2.45) is 5.92 Å². The molecule has 292 valence electrons. The van der Waals surface area contributed by atoms with Crippen molar-refractivity contribution >= 4 is 16.6 Å². The van der Waals surface area contributed by atoms with Crippen LogP contribution in [-0.4, -0.2) is 51.3 Å². The van der Waals surface area contributed by atoms with Gasteiger partial charge in [-0.25, -0.2) is 4.98 Å². The van der Waals surface area contributed by atoms with Crippen molar-refractivity contribution in [2.75, 3.05) is 20.2 Å². The maximum Gasteiger partial charge on any atom is 0.129 e. The van der Waals surface area contributed by atoms with Crippen LogP contribution in [0.25, 0.3) is 39.1 Å². The Balaban J connectivity index is 1.05. The normalized spacial score (nSPS) is 20.6. The van der Waals surface area contributed by atoms with E-state index in [2.05, 4.69) is 132 Å². The van der Waals surface area contributed by atoms with E-state index in [9.17, 15) is 0 Å². The molecule has 3 aliphatic heterocycles. The number of nitrogens with one attached hydrogen (secondary N) is 4. The first-order valence-electron chi connectivity index (χ1n) is 21.2. The summed E-state index contributed by atoms with van der Waals surface area (Å²) in [4.78, 5) is 11.3. The highest BCUT2D eigenvalue weighted by Gasteiger charge is 2.34. The fraction of sp³-hybridized carbons (Fsp3) is 0.438. The second-order valence-electron chi connectivity index (χ2n) is 17.3. The van der Waals surface area contributed by atoms with Gasteiger partial charge in [-0.1, -0.05) is 51.1 Å². The molecule has 1 saturated heterocycles. The quantitative estimate of drug-likeness (QED) is 0.0960. The fourth-order valence-corrected chi connectivity index (χ4v) is 9.69. The van der Waals surface area contributed by atoms with Gasteiger partial charge < -0.3 is 35.1 Å². The van der Waals surface area contributed by atoms with Crippen LogP contribution in [0.15, 0.2) is 85.3 Å². The van der Waals surface area contributed by atoms with Crippen LogP contribution in [0.5, 0.6) is 5.75 Å². The van der Waals surface area contributed by atoms with Gasteiger partial charge in [-0.05, 0) is 135 Å². The molecule has 2 aromatic heterocycles. The minimum atomic E-state index is 0.0385. The molecule has 1 aliphatic carbocycles. The van der Waals surface area contributed by atoms with E-state index in [1.807, 2.05) is 6.20 Å². The lowest BCUT2D eigenvalue weighted by molar-refractivity contribution is 0.231. The van der Waals surface area contributed by atoms with E-state index in [0.29, 0.717) is 5.92 Å². The van der Waals surface area contributed by atoms with Crippen LogP contribution in [-0.2, 0) is 12.8 Å². The zero-order valence-corrected chi connectivity index (χ0v) is 34.0. The lowest BCUT2D eigenvalue weighted by Gasteiger charge is -2.36. The van der Waals surface area contributed by atoms with Crippen molar-refractivity contribution in [3.05, 3.63) is 113 Å². The van der Waals surface area contributed by atoms with Crippen molar-refractivity contribution in [2.45, 2.75) is 109 Å². The first-order valence-corrected chi connectivity index (χ1v) is 21.2. The highest BCUT2D eigenvalue weighted by molar-refractivity contribution is 5.91. The molecule has 0 spiro atoms. The predicted molar refractivity (Wildman–Crippen MR) is 229 cm³/mol. The largest absolute Gasteiger partial charge is 0.497 e. The molecule has 0 radical (unpaired) electrons. The van der Waals surface area contributed by atoms with Crippen molar-refractivity contribution in [1.29, 1.82) is 0 Å². The summed E-state index contributed by atoms with van der Waals surface area (Å²) in [6, 6.07) is 23.6. The second-order valence-corrected chi connectivity index (χ2v) is 17.3. The Labute approximate surface area is 332 Å². The fourth-order valence-electron chi connectivity index (χ4n) is 9.69. The van der Waals surface area contributed by atoms with Gasteiger partial charge in [0.1, 0.15) is 11.6 Å². The van der Waals surface area contributed by atoms with E-state index >= 15 is 0 Å². The molecule has 0 bridgehead atoms. The Morgan fingerprint density at radius 2 is 1.84 bits per heavy atom. The van der Waals surface area contributed by atoms with E-state index in [4.69, 9.17) is 9.72 Å². The Kier molecular flexibility index (Phi) is 9.73. The number of hydrogen-bond acceptors (Lipinski definition) is 6. The number of benzene rings is 3. The molecule has 5 heterocycles. The smallest absolute Gasteiger partial charge is 0.129 e. The molecule has 4 N–H and O–H groups in total. The molecule has 3 aromatic carbocycles. The number of aromatic amines is 1. The van der Waals surface area contributed by atoms with Crippen LogP contribution < -0.4 is 20.7 Å². The summed E-state index contributed by atoms with van der Waals surface area (Å²) in [5.41, 5.74) is 13.7. The van der Waals surface area contributed by atoms with Gasteiger partial charge in [-0.15, -0.1) is 0 Å². The number of aryl methyl sites for hydroxylation is 1. The van der Waals surface area contributed by atoms with E-state index in [-0.39, 0.29) is 23.8 Å². The molecule has 8 nitrogen and oxygen atoms in total. The van der Waals surface area contributed by atoms with Crippen molar-refractivity contribution in [3.8, 4) is 28.3 Å². The zero-order chi connectivity index (χ0) is 38.6. The third kappa shape index (κ3) is 6.80. The van der Waals surface area contributed by atoms with Gasteiger partial charge in [0.25, 0.3) is 0 Å². The molecular weight excluding hydrogens is 691 g/mol. The van der Waals surface area contributed by atoms with Crippen molar-refractivity contribution in [1.82, 2.24) is 35.4 Å². The van der Waals surface area contributed by atoms with E-state index < -0.39 is 0 Å². The van der Waals surface area contributed by atoms with Gasteiger partial charge in [0.2, 0.25) is 0 Å². The molecule has 56 heavy (non-hydrogen) atoms. The number of likely N-dealkylation sites (tertiary alicyclic amines) is 1. The number of methoxy groups -OCH3 is 1. The van der Waals surface area contributed by atoms with Crippen LogP contribution in [0.1, 0.15) is 113 Å². The summed E-state index contributed by atoms with van der Waals surface area (Å²) in [6.45, 7) is 15.7. The lowest BCUT2D eigenvalue weighted by atomic mass is 9.82. The van der Waals surface area contributed by atoms with Crippen LogP contribution in [0, 0.1) is 5.92 Å². The minimum absolute atomic E-state index is 0.0385. The van der Waals surface area contributed by atoms with E-state index in [1.54, 1.807) is 7.11 Å². The summed E-state index contributed by atoms with van der Waals surface area (Å²) >= 11 is 0. The third-order valence-electron chi connectivity index (χ3n) is 13.0. The average molecular weight is 750 g/mol. The first kappa shape index (κ1) is 36.7. The molecule has 3 unspecified atom stereocenters. The number of imidazole rings is 1. The van der Waals surface area contributed by atoms with E-state index in [0.717, 1.165) is 68.2 Å². The monoisotopic (exact) mass is 749 g/mol. The number of nitrogens with zero attached hydrogens (tertiary/aromatic N) is 3. The maximum absolute atomic E-state index is 5.86.